The lowest BCUT2D eigenvalue weighted by molar-refractivity contribution is 0.0561. The van der Waals surface area contributed by atoms with Crippen molar-refractivity contribution in [3.8, 4) is 0 Å². The van der Waals surface area contributed by atoms with E-state index in [0.717, 1.165) is 28.4 Å². The van der Waals surface area contributed by atoms with Crippen LogP contribution in [0.4, 0.5) is 0 Å². The average molecular weight is 304 g/mol. The molecule has 1 N–H and O–H groups in total. The maximum atomic E-state index is 11.1. The quantitative estimate of drug-likeness (QED) is 0.941. The second-order valence-electron chi connectivity index (χ2n) is 4.79. The first-order chi connectivity index (χ1) is 8.71. The first-order valence-corrected chi connectivity index (χ1v) is 6.89. The van der Waals surface area contributed by atoms with E-state index in [9.17, 15) is 5.11 Å². The average Bonchev–Trinajstić information content (AvgIpc) is 3.24. The van der Waals surface area contributed by atoms with E-state index < -0.39 is 5.60 Å². The Balaban J connectivity index is 2.09. The summed E-state index contributed by atoms with van der Waals surface area (Å²) in [5.74, 6) is 0.308. The van der Waals surface area contributed by atoms with Crippen molar-refractivity contribution in [2.45, 2.75) is 18.4 Å². The summed E-state index contributed by atoms with van der Waals surface area (Å²) in [4.78, 5) is 4.13. The van der Waals surface area contributed by atoms with E-state index in [2.05, 4.69) is 20.9 Å². The van der Waals surface area contributed by atoms with Gasteiger partial charge in [0.15, 0.2) is 0 Å². The minimum atomic E-state index is -0.894. The van der Waals surface area contributed by atoms with Crippen LogP contribution in [0.5, 0.6) is 0 Å². The summed E-state index contributed by atoms with van der Waals surface area (Å²) in [5.41, 5.74) is 0.936. The fourth-order valence-electron chi connectivity index (χ4n) is 2.43. The largest absolute Gasteiger partial charge is 0.380 e. The molecule has 3 heteroatoms. The van der Waals surface area contributed by atoms with Crippen molar-refractivity contribution in [3.05, 3.63) is 64.4 Å². The molecule has 2 aromatic rings. The van der Waals surface area contributed by atoms with Crippen molar-refractivity contribution >= 4 is 15.9 Å². The molecule has 3 rings (SSSR count). The van der Waals surface area contributed by atoms with Crippen LogP contribution in [0.1, 0.15) is 24.0 Å². The third-order valence-corrected chi connectivity index (χ3v) is 4.08. The third-order valence-electron chi connectivity index (χ3n) is 3.55. The third kappa shape index (κ3) is 1.98. The highest BCUT2D eigenvalue weighted by Crippen LogP contribution is 2.49. The Kier molecular flexibility index (Phi) is 2.96. The minimum absolute atomic E-state index is 0.308. The van der Waals surface area contributed by atoms with E-state index in [1.165, 1.54) is 0 Å². The van der Waals surface area contributed by atoms with Gasteiger partial charge in [-0.3, -0.25) is 4.98 Å². The van der Waals surface area contributed by atoms with Crippen molar-refractivity contribution in [3.63, 3.8) is 0 Å². The van der Waals surface area contributed by atoms with Crippen molar-refractivity contribution < 1.29 is 5.11 Å². The molecule has 1 aromatic carbocycles. The number of rotatable bonds is 3. The number of nitrogens with zero attached hydrogens (tertiary/aromatic N) is 1. The minimum Gasteiger partial charge on any atom is -0.380 e. The highest BCUT2D eigenvalue weighted by Gasteiger charge is 2.46. The predicted molar refractivity (Wildman–Crippen MR) is 74.1 cm³/mol. The van der Waals surface area contributed by atoms with Gasteiger partial charge in [0.1, 0.15) is 5.60 Å². The molecule has 0 amide bonds. The van der Waals surface area contributed by atoms with E-state index in [0.29, 0.717) is 5.92 Å². The highest BCUT2D eigenvalue weighted by atomic mass is 79.9. The molecular weight excluding hydrogens is 290 g/mol. The van der Waals surface area contributed by atoms with Crippen molar-refractivity contribution in [1.82, 2.24) is 4.98 Å². The van der Waals surface area contributed by atoms with Gasteiger partial charge >= 0.3 is 0 Å². The van der Waals surface area contributed by atoms with Gasteiger partial charge in [-0.1, -0.05) is 34.1 Å². The number of halogens is 1. The van der Waals surface area contributed by atoms with Crippen molar-refractivity contribution in [2.75, 3.05) is 0 Å². The number of aromatic nitrogens is 1. The zero-order chi connectivity index (χ0) is 12.6. The van der Waals surface area contributed by atoms with E-state index in [1.807, 2.05) is 36.4 Å². The van der Waals surface area contributed by atoms with Gasteiger partial charge in [-0.15, -0.1) is 0 Å². The summed E-state index contributed by atoms with van der Waals surface area (Å²) in [6.45, 7) is 0. The molecule has 0 saturated heterocycles. The van der Waals surface area contributed by atoms with Gasteiger partial charge < -0.3 is 5.11 Å². The molecule has 0 radical (unpaired) electrons. The molecule has 0 spiro atoms. The molecular formula is C15H14BrNO. The molecule has 2 nitrogen and oxygen atoms in total. The van der Waals surface area contributed by atoms with Crippen LogP contribution in [0.3, 0.4) is 0 Å². The van der Waals surface area contributed by atoms with Gasteiger partial charge in [0.25, 0.3) is 0 Å². The Bertz CT molecular complexity index is 536. The van der Waals surface area contributed by atoms with Crippen LogP contribution in [-0.2, 0) is 5.60 Å². The summed E-state index contributed by atoms with van der Waals surface area (Å²) in [6.07, 6.45) is 5.64. The number of hydrogen-bond donors (Lipinski definition) is 1. The van der Waals surface area contributed by atoms with Crippen molar-refractivity contribution in [1.29, 1.82) is 0 Å². The van der Waals surface area contributed by atoms with Crippen LogP contribution >= 0.6 is 15.9 Å². The van der Waals surface area contributed by atoms with Crippen LogP contribution in [-0.4, -0.2) is 10.1 Å². The standard InChI is InChI=1S/C15H14BrNO/c16-14-7-5-12(6-8-14)15(18,11-3-4-11)13-2-1-9-17-10-13/h1-2,5-11,18H,3-4H2/t15-/m1/s1. The lowest BCUT2D eigenvalue weighted by Gasteiger charge is -2.29. The maximum Gasteiger partial charge on any atom is 0.119 e. The summed E-state index contributed by atoms with van der Waals surface area (Å²) < 4.78 is 1.02. The smallest absolute Gasteiger partial charge is 0.119 e. The number of pyridine rings is 1. The zero-order valence-electron chi connectivity index (χ0n) is 9.88. The summed E-state index contributed by atoms with van der Waals surface area (Å²) in [6, 6.07) is 11.7. The van der Waals surface area contributed by atoms with E-state index in [4.69, 9.17) is 0 Å². The van der Waals surface area contributed by atoms with Crippen LogP contribution in [0.2, 0.25) is 0 Å². The Morgan fingerprint density at radius 1 is 1.11 bits per heavy atom. The van der Waals surface area contributed by atoms with Gasteiger partial charge in [-0.2, -0.15) is 0 Å². The normalized spacial score (nSPS) is 18.3. The molecule has 1 saturated carbocycles. The Morgan fingerprint density at radius 2 is 1.83 bits per heavy atom. The first kappa shape index (κ1) is 11.9. The molecule has 1 aliphatic rings. The van der Waals surface area contributed by atoms with Gasteiger partial charge in [-0.05, 0) is 42.5 Å². The van der Waals surface area contributed by atoms with Gasteiger partial charge in [0, 0.05) is 22.4 Å². The number of hydrogen-bond acceptors (Lipinski definition) is 2. The SMILES string of the molecule is O[C@](c1ccc(Br)cc1)(c1cccnc1)C1CC1. The van der Waals surface area contributed by atoms with E-state index >= 15 is 0 Å². The van der Waals surface area contributed by atoms with Gasteiger partial charge in [0.2, 0.25) is 0 Å². The monoisotopic (exact) mass is 303 g/mol. The highest BCUT2D eigenvalue weighted by molar-refractivity contribution is 9.10. The summed E-state index contributed by atoms with van der Waals surface area (Å²) in [7, 11) is 0. The summed E-state index contributed by atoms with van der Waals surface area (Å²) >= 11 is 3.43. The molecule has 0 aliphatic heterocycles. The fraction of sp³-hybridized carbons (Fsp3) is 0.267. The topological polar surface area (TPSA) is 33.1 Å². The van der Waals surface area contributed by atoms with E-state index in [-0.39, 0.29) is 0 Å². The van der Waals surface area contributed by atoms with Crippen molar-refractivity contribution in [2.24, 2.45) is 5.92 Å². The Morgan fingerprint density at radius 3 is 2.39 bits per heavy atom. The van der Waals surface area contributed by atoms with Crippen LogP contribution in [0.15, 0.2) is 53.3 Å². The lowest BCUT2D eigenvalue weighted by atomic mass is 9.83. The molecule has 92 valence electrons. The molecule has 0 unspecified atom stereocenters. The molecule has 0 bridgehead atoms. The molecule has 1 atom stereocenters. The Hall–Kier alpha value is -1.19. The molecule has 1 heterocycles. The van der Waals surface area contributed by atoms with Gasteiger partial charge in [-0.25, -0.2) is 0 Å². The second kappa shape index (κ2) is 4.48. The molecule has 1 aliphatic carbocycles. The second-order valence-corrected chi connectivity index (χ2v) is 5.70. The predicted octanol–water partition coefficient (Wildman–Crippen LogP) is 3.49. The maximum absolute atomic E-state index is 11.1. The number of benzene rings is 1. The van der Waals surface area contributed by atoms with Gasteiger partial charge in [0.05, 0.1) is 0 Å². The van der Waals surface area contributed by atoms with Crippen LogP contribution in [0, 0.1) is 5.92 Å². The lowest BCUT2D eigenvalue weighted by Crippen LogP contribution is -2.29. The zero-order valence-corrected chi connectivity index (χ0v) is 11.5. The summed E-state index contributed by atoms with van der Waals surface area (Å²) in [5, 5.41) is 11.1. The molecule has 18 heavy (non-hydrogen) atoms. The number of aliphatic hydroxyl groups is 1. The Labute approximate surface area is 115 Å². The molecule has 1 fully saturated rings. The van der Waals surface area contributed by atoms with E-state index in [1.54, 1.807) is 12.4 Å². The van der Waals surface area contributed by atoms with Crippen LogP contribution < -0.4 is 0 Å². The first-order valence-electron chi connectivity index (χ1n) is 6.10. The molecule has 1 aromatic heterocycles. The fourth-order valence-corrected chi connectivity index (χ4v) is 2.70. The van der Waals surface area contributed by atoms with Crippen LogP contribution in [0.25, 0.3) is 0 Å².